The number of aliphatic hydroxyl groups is 1. The summed E-state index contributed by atoms with van der Waals surface area (Å²) in [4.78, 5) is 25.9. The van der Waals surface area contributed by atoms with Crippen molar-refractivity contribution in [3.05, 3.63) is 75.5 Å². The minimum Gasteiger partial charge on any atom is -0.459 e. The first kappa shape index (κ1) is 20.6. The number of nitrogens with one attached hydrogen (secondary N) is 1. The number of carbonyl (C=O) groups is 1. The highest BCUT2D eigenvalue weighted by atomic mass is 16.6. The Labute approximate surface area is 179 Å². The molecule has 0 radical (unpaired) electrons. The number of amides is 1. The fourth-order valence-corrected chi connectivity index (χ4v) is 3.87. The summed E-state index contributed by atoms with van der Waals surface area (Å²) in [6.07, 6.45) is 2.02. The molecule has 0 unspecified atom stereocenters. The van der Waals surface area contributed by atoms with Gasteiger partial charge in [-0.3, -0.25) is 14.9 Å². The van der Waals surface area contributed by atoms with Crippen molar-refractivity contribution >= 4 is 23.0 Å². The Morgan fingerprint density at radius 1 is 1.16 bits per heavy atom. The Balaban J connectivity index is 1.54. The highest BCUT2D eigenvalue weighted by Gasteiger charge is 2.24. The van der Waals surface area contributed by atoms with Crippen molar-refractivity contribution in [1.82, 2.24) is 0 Å². The van der Waals surface area contributed by atoms with Crippen LogP contribution in [0.5, 0.6) is 0 Å². The Morgan fingerprint density at radius 2 is 1.94 bits per heavy atom. The van der Waals surface area contributed by atoms with E-state index < -0.39 is 10.8 Å². The van der Waals surface area contributed by atoms with Gasteiger partial charge in [0.25, 0.3) is 11.6 Å². The molecule has 1 saturated heterocycles. The van der Waals surface area contributed by atoms with Gasteiger partial charge in [-0.1, -0.05) is 0 Å². The van der Waals surface area contributed by atoms with Gasteiger partial charge < -0.3 is 19.7 Å². The number of furan rings is 1. The number of anilines is 2. The van der Waals surface area contributed by atoms with Gasteiger partial charge in [0.05, 0.1) is 4.92 Å². The average molecular weight is 421 g/mol. The molecule has 1 amide bonds. The first-order chi connectivity index (χ1) is 15.0. The van der Waals surface area contributed by atoms with Gasteiger partial charge in [-0.15, -0.1) is 0 Å². The van der Waals surface area contributed by atoms with Gasteiger partial charge in [-0.2, -0.15) is 0 Å². The summed E-state index contributed by atoms with van der Waals surface area (Å²) in [5.74, 6) is 0.696. The van der Waals surface area contributed by atoms with E-state index in [0.29, 0.717) is 22.9 Å². The molecule has 1 aliphatic rings. The van der Waals surface area contributed by atoms with Crippen LogP contribution < -0.4 is 10.2 Å². The van der Waals surface area contributed by atoms with Crippen molar-refractivity contribution in [3.63, 3.8) is 0 Å². The maximum atomic E-state index is 12.7. The van der Waals surface area contributed by atoms with Crippen LogP contribution in [-0.4, -0.2) is 29.0 Å². The SMILES string of the molecule is Cc1cc(NC(=O)c2ccc(N3CCCC3)c([N+](=O)[O-])c2)ccc1-c1ccc(CO)o1. The van der Waals surface area contributed by atoms with Crippen molar-refractivity contribution in [2.24, 2.45) is 0 Å². The molecule has 8 nitrogen and oxygen atoms in total. The predicted octanol–water partition coefficient (Wildman–Crippen LogP) is 4.51. The summed E-state index contributed by atoms with van der Waals surface area (Å²) in [6.45, 7) is 3.29. The summed E-state index contributed by atoms with van der Waals surface area (Å²) in [5.41, 5.74) is 3.04. The lowest BCUT2D eigenvalue weighted by atomic mass is 10.1. The largest absolute Gasteiger partial charge is 0.459 e. The molecule has 160 valence electrons. The number of aliphatic hydroxyl groups excluding tert-OH is 1. The molecular weight excluding hydrogens is 398 g/mol. The maximum absolute atomic E-state index is 12.7. The van der Waals surface area contributed by atoms with Crippen LogP contribution in [0, 0.1) is 17.0 Å². The number of nitrogens with zero attached hydrogens (tertiary/aromatic N) is 2. The van der Waals surface area contributed by atoms with Crippen LogP contribution in [0.15, 0.2) is 52.9 Å². The zero-order valence-electron chi connectivity index (χ0n) is 17.1. The molecule has 1 fully saturated rings. The lowest BCUT2D eigenvalue weighted by Crippen LogP contribution is -2.19. The number of nitro groups is 1. The molecular formula is C23H23N3O5. The molecule has 0 saturated carbocycles. The standard InChI is InChI=1S/C23H23N3O5/c1-15-12-17(5-7-19(15)22-9-6-18(14-27)31-22)24-23(28)16-4-8-20(21(13-16)26(29)30)25-10-2-3-11-25/h4-9,12-13,27H,2-3,10-11,14H2,1H3,(H,24,28). The molecule has 2 N–H and O–H groups in total. The van der Waals surface area contributed by atoms with Gasteiger partial charge in [-0.05, 0) is 67.8 Å². The first-order valence-electron chi connectivity index (χ1n) is 10.1. The molecule has 2 heterocycles. The number of benzene rings is 2. The maximum Gasteiger partial charge on any atom is 0.293 e. The van der Waals surface area contributed by atoms with E-state index in [4.69, 9.17) is 9.52 Å². The summed E-state index contributed by atoms with van der Waals surface area (Å²) in [5, 5.41) is 23.5. The molecule has 1 aliphatic heterocycles. The fraction of sp³-hybridized carbons (Fsp3) is 0.261. The number of hydrogen-bond acceptors (Lipinski definition) is 6. The Hall–Kier alpha value is -3.65. The third-order valence-corrected chi connectivity index (χ3v) is 5.45. The van der Waals surface area contributed by atoms with Gasteiger partial charge in [0, 0.05) is 36.0 Å². The minimum atomic E-state index is -0.437. The molecule has 8 heteroatoms. The van der Waals surface area contributed by atoms with Gasteiger partial charge in [0.1, 0.15) is 23.8 Å². The van der Waals surface area contributed by atoms with Crippen molar-refractivity contribution in [1.29, 1.82) is 0 Å². The third-order valence-electron chi connectivity index (χ3n) is 5.45. The van der Waals surface area contributed by atoms with Gasteiger partial charge in [0.15, 0.2) is 0 Å². The number of hydrogen-bond donors (Lipinski definition) is 2. The van der Waals surface area contributed by atoms with E-state index in [-0.39, 0.29) is 17.9 Å². The van der Waals surface area contributed by atoms with E-state index in [0.717, 1.165) is 37.1 Å². The first-order valence-corrected chi connectivity index (χ1v) is 10.1. The van der Waals surface area contributed by atoms with Gasteiger partial charge in [0.2, 0.25) is 0 Å². The molecule has 3 aromatic rings. The molecule has 0 atom stereocenters. The summed E-state index contributed by atoms with van der Waals surface area (Å²) >= 11 is 0. The Bertz CT molecular complexity index is 1130. The Morgan fingerprint density at radius 3 is 2.58 bits per heavy atom. The van der Waals surface area contributed by atoms with Crippen LogP contribution in [0.25, 0.3) is 11.3 Å². The number of carbonyl (C=O) groups excluding carboxylic acids is 1. The number of aryl methyl sites for hydroxylation is 1. The highest BCUT2D eigenvalue weighted by molar-refractivity contribution is 6.05. The monoisotopic (exact) mass is 421 g/mol. The third kappa shape index (κ3) is 4.29. The smallest absolute Gasteiger partial charge is 0.293 e. The number of nitro benzene ring substituents is 1. The van der Waals surface area contributed by atoms with E-state index >= 15 is 0 Å². The van der Waals surface area contributed by atoms with Gasteiger partial charge >= 0.3 is 0 Å². The van der Waals surface area contributed by atoms with Crippen LogP contribution in [-0.2, 0) is 6.61 Å². The Kier molecular flexibility index (Phi) is 5.73. The fourth-order valence-electron chi connectivity index (χ4n) is 3.87. The van der Waals surface area contributed by atoms with E-state index in [1.165, 1.54) is 6.07 Å². The van der Waals surface area contributed by atoms with Crippen LogP contribution in [0.3, 0.4) is 0 Å². The zero-order valence-corrected chi connectivity index (χ0v) is 17.1. The quantitative estimate of drug-likeness (QED) is 0.448. The van der Waals surface area contributed by atoms with Gasteiger partial charge in [-0.25, -0.2) is 0 Å². The highest BCUT2D eigenvalue weighted by Crippen LogP contribution is 2.32. The second-order valence-corrected chi connectivity index (χ2v) is 7.56. The van der Waals surface area contributed by atoms with E-state index in [1.807, 2.05) is 17.9 Å². The summed E-state index contributed by atoms with van der Waals surface area (Å²) < 4.78 is 5.57. The van der Waals surface area contributed by atoms with E-state index in [2.05, 4.69) is 5.32 Å². The summed E-state index contributed by atoms with van der Waals surface area (Å²) in [6, 6.07) is 13.5. The molecule has 0 spiro atoms. The molecule has 4 rings (SSSR count). The van der Waals surface area contributed by atoms with Crippen molar-refractivity contribution in [3.8, 4) is 11.3 Å². The van der Waals surface area contributed by atoms with Crippen LogP contribution >= 0.6 is 0 Å². The second-order valence-electron chi connectivity index (χ2n) is 7.56. The normalized spacial score (nSPS) is 13.4. The summed E-state index contributed by atoms with van der Waals surface area (Å²) in [7, 11) is 0. The predicted molar refractivity (Wildman–Crippen MR) is 117 cm³/mol. The zero-order chi connectivity index (χ0) is 22.0. The molecule has 0 bridgehead atoms. The molecule has 2 aromatic carbocycles. The average Bonchev–Trinajstić information content (AvgIpc) is 3.45. The second kappa shape index (κ2) is 8.61. The van der Waals surface area contributed by atoms with Crippen LogP contribution in [0.2, 0.25) is 0 Å². The van der Waals surface area contributed by atoms with Crippen LogP contribution in [0.4, 0.5) is 17.1 Å². The lowest BCUT2D eigenvalue weighted by Gasteiger charge is -2.18. The molecule has 0 aliphatic carbocycles. The van der Waals surface area contributed by atoms with E-state index in [9.17, 15) is 14.9 Å². The number of rotatable bonds is 6. The molecule has 1 aromatic heterocycles. The van der Waals surface area contributed by atoms with Crippen molar-refractivity contribution < 1.29 is 19.2 Å². The van der Waals surface area contributed by atoms with Crippen LogP contribution in [0.1, 0.15) is 34.5 Å². The van der Waals surface area contributed by atoms with Crippen molar-refractivity contribution in [2.75, 3.05) is 23.3 Å². The van der Waals surface area contributed by atoms with E-state index in [1.54, 1.807) is 36.4 Å². The minimum absolute atomic E-state index is 0.0569. The van der Waals surface area contributed by atoms with Crippen molar-refractivity contribution in [2.45, 2.75) is 26.4 Å². The topological polar surface area (TPSA) is 109 Å². The molecule has 31 heavy (non-hydrogen) atoms. The lowest BCUT2D eigenvalue weighted by molar-refractivity contribution is -0.384.